The molecule has 0 aliphatic heterocycles. The maximum Gasteiger partial charge on any atom is 0.342 e. The molecule has 0 aliphatic carbocycles. The van der Waals surface area contributed by atoms with Gasteiger partial charge in [0, 0.05) is 19.5 Å². The molecule has 0 N–H and O–H groups in total. The number of aromatic nitrogens is 4. The number of unbranched alkanes of at least 4 members (excludes halogenated alkanes) is 1. The number of rotatable bonds is 6. The summed E-state index contributed by atoms with van der Waals surface area (Å²) < 4.78 is 16.2. The maximum atomic E-state index is 13.2. The van der Waals surface area contributed by atoms with Gasteiger partial charge >= 0.3 is 5.82 Å². The summed E-state index contributed by atoms with van der Waals surface area (Å²) in [6.07, 6.45) is 3.93. The fourth-order valence-corrected chi connectivity index (χ4v) is 2.72. The third kappa shape index (κ3) is 3.39. The van der Waals surface area contributed by atoms with E-state index >= 15 is 0 Å². The first-order valence-electron chi connectivity index (χ1n) is 7.78. The van der Waals surface area contributed by atoms with Crippen molar-refractivity contribution in [1.29, 1.82) is 0 Å². The van der Waals surface area contributed by atoms with Gasteiger partial charge < -0.3 is 10.1 Å². The van der Waals surface area contributed by atoms with Crippen LogP contribution in [0, 0.1) is 22.9 Å². The van der Waals surface area contributed by atoms with Gasteiger partial charge in [-0.05, 0) is 29.9 Å². The lowest BCUT2D eigenvalue weighted by Gasteiger charge is -2.07. The smallest absolute Gasteiger partial charge is 0.342 e. The summed E-state index contributed by atoms with van der Waals surface area (Å²) in [6.45, 7) is 2.59. The third-order valence-electron chi connectivity index (χ3n) is 4.04. The predicted octanol–water partition coefficient (Wildman–Crippen LogP) is 2.43. The number of halogens is 1. The molecular weight excluding hydrogens is 329 g/mol. The van der Waals surface area contributed by atoms with Crippen molar-refractivity contribution in [2.75, 3.05) is 0 Å². The van der Waals surface area contributed by atoms with Crippen LogP contribution in [0.2, 0.25) is 0 Å². The highest BCUT2D eigenvalue weighted by atomic mass is 19.1. The van der Waals surface area contributed by atoms with Crippen LogP contribution in [-0.2, 0) is 13.1 Å². The Labute approximate surface area is 141 Å². The van der Waals surface area contributed by atoms with Crippen molar-refractivity contribution in [2.45, 2.75) is 32.9 Å². The summed E-state index contributed by atoms with van der Waals surface area (Å²) in [6, 6.07) is 3.88. The molecule has 0 amide bonds. The average Bonchev–Trinajstić information content (AvgIpc) is 2.94. The van der Waals surface area contributed by atoms with E-state index in [0.717, 1.165) is 0 Å². The van der Waals surface area contributed by atoms with Gasteiger partial charge in [-0.25, -0.2) is 18.9 Å². The monoisotopic (exact) mass is 345 g/mol. The Morgan fingerprint density at radius 2 is 2.00 bits per heavy atom. The van der Waals surface area contributed by atoms with Gasteiger partial charge in [0.25, 0.3) is 5.56 Å². The zero-order chi connectivity index (χ0) is 18.0. The quantitative estimate of drug-likeness (QED) is 0.388. The topological polar surface area (TPSA) is 95.8 Å². The van der Waals surface area contributed by atoms with Gasteiger partial charge in [0.15, 0.2) is 5.82 Å². The molecule has 25 heavy (non-hydrogen) atoms. The molecule has 0 saturated carbocycles. The SMILES string of the molecule is Cc1ncc([N+](=O)[O-])n1CCCCn1cnc2cc(F)ccc2c1=O. The van der Waals surface area contributed by atoms with Crippen LogP contribution in [0.3, 0.4) is 0 Å². The first-order valence-corrected chi connectivity index (χ1v) is 7.78. The molecule has 9 heteroatoms. The second-order valence-electron chi connectivity index (χ2n) is 5.68. The van der Waals surface area contributed by atoms with E-state index in [1.54, 1.807) is 11.5 Å². The van der Waals surface area contributed by atoms with Crippen LogP contribution in [0.4, 0.5) is 10.2 Å². The average molecular weight is 345 g/mol. The zero-order valence-corrected chi connectivity index (χ0v) is 13.6. The minimum Gasteiger partial charge on any atom is -0.358 e. The minimum absolute atomic E-state index is 0.0379. The summed E-state index contributed by atoms with van der Waals surface area (Å²) in [5.74, 6) is 0.108. The number of hydrogen-bond donors (Lipinski definition) is 0. The Morgan fingerprint density at radius 1 is 1.24 bits per heavy atom. The molecule has 0 unspecified atom stereocenters. The van der Waals surface area contributed by atoms with E-state index < -0.39 is 10.7 Å². The van der Waals surface area contributed by atoms with Crippen molar-refractivity contribution in [1.82, 2.24) is 19.1 Å². The zero-order valence-electron chi connectivity index (χ0n) is 13.6. The van der Waals surface area contributed by atoms with E-state index in [9.17, 15) is 19.3 Å². The molecule has 0 aliphatic rings. The van der Waals surface area contributed by atoms with E-state index in [-0.39, 0.29) is 11.4 Å². The molecule has 0 bridgehead atoms. The fraction of sp³-hybridized carbons (Fsp3) is 0.312. The van der Waals surface area contributed by atoms with Gasteiger partial charge in [0.1, 0.15) is 12.0 Å². The normalized spacial score (nSPS) is 11.1. The number of benzene rings is 1. The Morgan fingerprint density at radius 3 is 2.76 bits per heavy atom. The van der Waals surface area contributed by atoms with E-state index in [2.05, 4.69) is 9.97 Å². The fourth-order valence-electron chi connectivity index (χ4n) is 2.72. The van der Waals surface area contributed by atoms with Crippen LogP contribution in [-0.4, -0.2) is 24.0 Å². The van der Waals surface area contributed by atoms with E-state index in [1.165, 1.54) is 35.3 Å². The predicted molar refractivity (Wildman–Crippen MR) is 88.8 cm³/mol. The van der Waals surface area contributed by atoms with E-state index in [4.69, 9.17) is 0 Å². The highest BCUT2D eigenvalue weighted by molar-refractivity contribution is 5.77. The number of aryl methyl sites for hydroxylation is 2. The van der Waals surface area contributed by atoms with Crippen molar-refractivity contribution in [3.63, 3.8) is 0 Å². The lowest BCUT2D eigenvalue weighted by molar-refractivity contribution is -0.392. The number of nitro groups is 1. The second-order valence-corrected chi connectivity index (χ2v) is 5.68. The van der Waals surface area contributed by atoms with Crippen molar-refractivity contribution in [2.24, 2.45) is 0 Å². The first kappa shape index (κ1) is 16.7. The summed E-state index contributed by atoms with van der Waals surface area (Å²) >= 11 is 0. The Balaban J connectivity index is 1.67. The summed E-state index contributed by atoms with van der Waals surface area (Å²) in [5.41, 5.74) is 0.0979. The third-order valence-corrected chi connectivity index (χ3v) is 4.04. The highest BCUT2D eigenvalue weighted by Gasteiger charge is 2.16. The van der Waals surface area contributed by atoms with Crippen LogP contribution in [0.1, 0.15) is 18.7 Å². The van der Waals surface area contributed by atoms with Crippen LogP contribution in [0.25, 0.3) is 10.9 Å². The summed E-state index contributed by atoms with van der Waals surface area (Å²) in [4.78, 5) is 30.9. The molecule has 2 heterocycles. The van der Waals surface area contributed by atoms with Gasteiger partial charge in [-0.15, -0.1) is 0 Å². The summed E-state index contributed by atoms with van der Waals surface area (Å²) in [7, 11) is 0. The largest absolute Gasteiger partial charge is 0.358 e. The number of imidazole rings is 1. The lowest BCUT2D eigenvalue weighted by Crippen LogP contribution is -2.21. The molecular formula is C16H16FN5O3. The highest BCUT2D eigenvalue weighted by Crippen LogP contribution is 2.15. The molecule has 3 aromatic rings. The van der Waals surface area contributed by atoms with E-state index in [1.807, 2.05) is 0 Å². The maximum absolute atomic E-state index is 13.2. The van der Waals surface area contributed by atoms with Crippen LogP contribution in [0.15, 0.2) is 35.5 Å². The number of nitrogens with zero attached hydrogens (tertiary/aromatic N) is 5. The second kappa shape index (κ2) is 6.80. The Kier molecular flexibility index (Phi) is 4.55. The lowest BCUT2D eigenvalue weighted by atomic mass is 10.2. The first-order chi connectivity index (χ1) is 12.0. The molecule has 0 saturated heterocycles. The van der Waals surface area contributed by atoms with Gasteiger partial charge in [-0.3, -0.25) is 9.36 Å². The molecule has 0 radical (unpaired) electrons. The van der Waals surface area contributed by atoms with Crippen LogP contribution < -0.4 is 5.56 Å². The van der Waals surface area contributed by atoms with Gasteiger partial charge in [0.05, 0.1) is 23.8 Å². The molecule has 8 nitrogen and oxygen atoms in total. The minimum atomic E-state index is -0.461. The number of fused-ring (bicyclic) bond motifs is 1. The van der Waals surface area contributed by atoms with E-state index in [0.29, 0.717) is 42.7 Å². The van der Waals surface area contributed by atoms with Gasteiger partial charge in [0.2, 0.25) is 0 Å². The van der Waals surface area contributed by atoms with Crippen molar-refractivity contribution in [3.8, 4) is 0 Å². The van der Waals surface area contributed by atoms with Gasteiger partial charge in [-0.1, -0.05) is 0 Å². The van der Waals surface area contributed by atoms with Crippen molar-refractivity contribution >= 4 is 16.7 Å². The molecule has 0 atom stereocenters. The van der Waals surface area contributed by atoms with Crippen molar-refractivity contribution < 1.29 is 9.31 Å². The van der Waals surface area contributed by atoms with Crippen molar-refractivity contribution in [3.05, 3.63) is 62.8 Å². The molecule has 3 rings (SSSR count). The summed E-state index contributed by atoms with van der Waals surface area (Å²) in [5, 5.41) is 11.3. The Bertz CT molecular complexity index is 995. The molecule has 2 aromatic heterocycles. The molecule has 130 valence electrons. The molecule has 0 fully saturated rings. The van der Waals surface area contributed by atoms with Gasteiger partial charge in [-0.2, -0.15) is 0 Å². The van der Waals surface area contributed by atoms with Crippen LogP contribution in [0.5, 0.6) is 0 Å². The van der Waals surface area contributed by atoms with Crippen LogP contribution >= 0.6 is 0 Å². The number of hydrogen-bond acceptors (Lipinski definition) is 5. The molecule has 0 spiro atoms. The Hall–Kier alpha value is -3.10. The molecule has 1 aromatic carbocycles. The standard InChI is InChI=1S/C16H16FN5O3/c1-11-18-9-15(22(24)25)21(11)7-3-2-6-20-10-19-14-8-12(17)4-5-13(14)16(20)23/h4-5,8-10H,2-3,6-7H2,1H3.